The maximum absolute atomic E-state index is 13.8. The first-order chi connectivity index (χ1) is 15.0. The summed E-state index contributed by atoms with van der Waals surface area (Å²) in [6.07, 6.45) is 3.94. The van der Waals surface area contributed by atoms with E-state index < -0.39 is 0 Å². The minimum absolute atomic E-state index is 0.149. The third-order valence-corrected chi connectivity index (χ3v) is 5.42. The number of aliphatic hydroxyl groups is 1. The lowest BCUT2D eigenvalue weighted by molar-refractivity contribution is 0.0946. The van der Waals surface area contributed by atoms with Gasteiger partial charge in [-0.3, -0.25) is 9.78 Å². The smallest absolute Gasteiger partial charge is 0.255 e. The molecule has 1 aromatic heterocycles. The molecule has 2 N–H and O–H groups in total. The first kappa shape index (κ1) is 21.0. The van der Waals surface area contributed by atoms with E-state index in [1.54, 1.807) is 49.5 Å². The van der Waals surface area contributed by atoms with E-state index in [0.29, 0.717) is 46.2 Å². The number of nitrogens with one attached hydrogen (secondary N) is 1. The Morgan fingerprint density at radius 3 is 2.81 bits per heavy atom. The van der Waals surface area contributed by atoms with Crippen LogP contribution in [-0.2, 0) is 13.2 Å². The minimum atomic E-state index is -0.310. The van der Waals surface area contributed by atoms with E-state index in [-0.39, 0.29) is 24.9 Å². The molecule has 0 spiro atoms. The van der Waals surface area contributed by atoms with Crippen molar-refractivity contribution in [1.82, 2.24) is 10.3 Å². The number of carbonyl (C=O) groups excluding carboxylic acids is 1. The van der Waals surface area contributed by atoms with Gasteiger partial charge in [-0.05, 0) is 67.1 Å². The molecule has 4 rings (SSSR count). The van der Waals surface area contributed by atoms with Crippen molar-refractivity contribution in [3.8, 4) is 17.0 Å². The van der Waals surface area contributed by atoms with E-state index in [4.69, 9.17) is 4.74 Å². The molecule has 1 fully saturated rings. The Morgan fingerprint density at radius 2 is 2.06 bits per heavy atom. The number of amides is 1. The second kappa shape index (κ2) is 9.27. The molecule has 1 amide bonds. The van der Waals surface area contributed by atoms with E-state index in [2.05, 4.69) is 10.3 Å². The highest BCUT2D eigenvalue weighted by atomic mass is 19.1. The lowest BCUT2D eigenvalue weighted by atomic mass is 10.0. The van der Waals surface area contributed by atoms with Crippen LogP contribution in [0.1, 0.15) is 39.9 Å². The van der Waals surface area contributed by atoms with Crippen LogP contribution in [0.25, 0.3) is 11.3 Å². The summed E-state index contributed by atoms with van der Waals surface area (Å²) in [6, 6.07) is 13.8. The second-order valence-corrected chi connectivity index (χ2v) is 7.90. The van der Waals surface area contributed by atoms with Gasteiger partial charge in [0.05, 0.1) is 24.5 Å². The van der Waals surface area contributed by atoms with Crippen molar-refractivity contribution in [3.05, 3.63) is 82.8 Å². The number of aliphatic hydroxyl groups excluding tert-OH is 1. The molecule has 6 heteroatoms. The van der Waals surface area contributed by atoms with Crippen LogP contribution in [0.3, 0.4) is 0 Å². The number of benzene rings is 2. The van der Waals surface area contributed by atoms with Gasteiger partial charge >= 0.3 is 0 Å². The minimum Gasteiger partial charge on any atom is -0.492 e. The highest BCUT2D eigenvalue weighted by Crippen LogP contribution is 2.32. The van der Waals surface area contributed by atoms with Crippen LogP contribution in [0.4, 0.5) is 4.39 Å². The van der Waals surface area contributed by atoms with Gasteiger partial charge in [0.2, 0.25) is 0 Å². The normalized spacial score (nSPS) is 13.1. The van der Waals surface area contributed by atoms with Crippen molar-refractivity contribution in [2.45, 2.75) is 32.9 Å². The first-order valence-electron chi connectivity index (χ1n) is 10.4. The Labute approximate surface area is 180 Å². The number of pyridine rings is 1. The SMILES string of the molecule is Cc1ccc(CNC(=O)c2cc(-c3ncccc3CO)ccc2OCC2CC2)cc1F. The third kappa shape index (κ3) is 5.09. The number of hydrogen-bond acceptors (Lipinski definition) is 4. The fourth-order valence-corrected chi connectivity index (χ4v) is 3.32. The largest absolute Gasteiger partial charge is 0.492 e. The molecule has 0 atom stereocenters. The number of hydrogen-bond donors (Lipinski definition) is 2. The molecule has 2 aromatic carbocycles. The summed E-state index contributed by atoms with van der Waals surface area (Å²) in [7, 11) is 0. The first-order valence-corrected chi connectivity index (χ1v) is 10.4. The Balaban J connectivity index is 1.60. The van der Waals surface area contributed by atoms with E-state index in [1.165, 1.54) is 6.07 Å². The molecule has 1 aliphatic rings. The van der Waals surface area contributed by atoms with Crippen LogP contribution in [0.5, 0.6) is 5.75 Å². The van der Waals surface area contributed by atoms with E-state index >= 15 is 0 Å². The predicted molar refractivity (Wildman–Crippen MR) is 116 cm³/mol. The number of carbonyl (C=O) groups is 1. The fourth-order valence-electron chi connectivity index (χ4n) is 3.32. The summed E-state index contributed by atoms with van der Waals surface area (Å²) in [6.45, 7) is 2.33. The van der Waals surface area contributed by atoms with Gasteiger partial charge in [0.1, 0.15) is 11.6 Å². The number of ether oxygens (including phenoxy) is 1. The van der Waals surface area contributed by atoms with Crippen molar-refractivity contribution in [2.24, 2.45) is 5.92 Å². The van der Waals surface area contributed by atoms with Crippen molar-refractivity contribution in [1.29, 1.82) is 0 Å². The highest BCUT2D eigenvalue weighted by molar-refractivity contribution is 5.98. The van der Waals surface area contributed by atoms with Crippen LogP contribution in [0, 0.1) is 18.7 Å². The zero-order chi connectivity index (χ0) is 21.8. The summed E-state index contributed by atoms with van der Waals surface area (Å²) in [4.78, 5) is 17.4. The second-order valence-electron chi connectivity index (χ2n) is 7.90. The monoisotopic (exact) mass is 420 g/mol. The van der Waals surface area contributed by atoms with Crippen molar-refractivity contribution >= 4 is 5.91 Å². The maximum Gasteiger partial charge on any atom is 0.255 e. The molecule has 0 bridgehead atoms. The molecular formula is C25H25FN2O3. The van der Waals surface area contributed by atoms with Gasteiger partial charge in [-0.1, -0.05) is 18.2 Å². The number of halogens is 1. The topological polar surface area (TPSA) is 71.5 Å². The summed E-state index contributed by atoms with van der Waals surface area (Å²) < 4.78 is 19.8. The molecule has 1 heterocycles. The van der Waals surface area contributed by atoms with Crippen LogP contribution >= 0.6 is 0 Å². The average Bonchev–Trinajstić information content (AvgIpc) is 3.62. The number of nitrogens with zero attached hydrogens (tertiary/aromatic N) is 1. The zero-order valence-corrected chi connectivity index (χ0v) is 17.4. The van der Waals surface area contributed by atoms with E-state index in [0.717, 1.165) is 18.4 Å². The molecule has 160 valence electrons. The quantitative estimate of drug-likeness (QED) is 0.566. The molecule has 3 aromatic rings. The predicted octanol–water partition coefficient (Wildman–Crippen LogP) is 4.41. The van der Waals surface area contributed by atoms with Crippen molar-refractivity contribution < 1.29 is 19.0 Å². The maximum atomic E-state index is 13.8. The third-order valence-electron chi connectivity index (χ3n) is 5.42. The van der Waals surface area contributed by atoms with Crippen molar-refractivity contribution in [3.63, 3.8) is 0 Å². The lowest BCUT2D eigenvalue weighted by Gasteiger charge is -2.14. The van der Waals surface area contributed by atoms with Crippen LogP contribution in [-0.4, -0.2) is 22.6 Å². The summed E-state index contributed by atoms with van der Waals surface area (Å²) >= 11 is 0. The Bertz CT molecular complexity index is 1100. The van der Waals surface area contributed by atoms with Gasteiger partial charge in [-0.15, -0.1) is 0 Å². The average molecular weight is 420 g/mol. The van der Waals surface area contributed by atoms with Gasteiger partial charge in [0.15, 0.2) is 0 Å². The van der Waals surface area contributed by atoms with Gasteiger partial charge in [-0.25, -0.2) is 4.39 Å². The van der Waals surface area contributed by atoms with Gasteiger partial charge < -0.3 is 15.2 Å². The number of rotatable bonds is 8. The number of aromatic nitrogens is 1. The van der Waals surface area contributed by atoms with Gasteiger partial charge in [0.25, 0.3) is 5.91 Å². The summed E-state index contributed by atoms with van der Waals surface area (Å²) in [5, 5.41) is 12.5. The summed E-state index contributed by atoms with van der Waals surface area (Å²) in [5.74, 6) is 0.441. The lowest BCUT2D eigenvalue weighted by Crippen LogP contribution is -2.24. The van der Waals surface area contributed by atoms with Gasteiger partial charge in [-0.2, -0.15) is 0 Å². The molecule has 31 heavy (non-hydrogen) atoms. The number of aryl methyl sites for hydroxylation is 1. The van der Waals surface area contributed by atoms with Crippen molar-refractivity contribution in [2.75, 3.05) is 6.61 Å². The molecule has 0 radical (unpaired) electrons. The van der Waals surface area contributed by atoms with E-state index in [1.807, 2.05) is 6.07 Å². The zero-order valence-electron chi connectivity index (χ0n) is 17.4. The molecule has 5 nitrogen and oxygen atoms in total. The summed E-state index contributed by atoms with van der Waals surface area (Å²) in [5.41, 5.74) is 3.65. The fraction of sp³-hybridized carbons (Fsp3) is 0.280. The highest BCUT2D eigenvalue weighted by Gasteiger charge is 2.23. The van der Waals surface area contributed by atoms with Crippen LogP contribution in [0.2, 0.25) is 0 Å². The van der Waals surface area contributed by atoms with Crippen LogP contribution < -0.4 is 10.1 Å². The Morgan fingerprint density at radius 1 is 1.23 bits per heavy atom. The Hall–Kier alpha value is -3.25. The molecule has 1 saturated carbocycles. The molecule has 0 aliphatic heterocycles. The molecule has 0 saturated heterocycles. The molecule has 1 aliphatic carbocycles. The van der Waals surface area contributed by atoms with E-state index in [9.17, 15) is 14.3 Å². The molecular weight excluding hydrogens is 395 g/mol. The van der Waals surface area contributed by atoms with Gasteiger partial charge in [0, 0.05) is 23.9 Å². The van der Waals surface area contributed by atoms with Crippen LogP contribution in [0.15, 0.2) is 54.7 Å². The molecule has 0 unspecified atom stereocenters. The Kier molecular flexibility index (Phi) is 6.28. The standard InChI is InChI=1S/C25H25FN2O3/c1-16-4-5-18(11-22(16)26)13-28-25(30)21-12-19(24-20(14-29)3-2-10-27-24)8-9-23(21)31-15-17-6-7-17/h2-5,8-12,17,29H,6-7,13-15H2,1H3,(H,28,30).